The van der Waals surface area contributed by atoms with E-state index in [0.717, 1.165) is 17.5 Å². The molecule has 2 aromatic rings. The molecule has 2 aromatic carbocycles. The number of nitriles is 1. The molecule has 0 unspecified atom stereocenters. The van der Waals surface area contributed by atoms with Gasteiger partial charge in [-0.25, -0.2) is 0 Å². The molecule has 0 radical (unpaired) electrons. The molecule has 8 nitrogen and oxygen atoms in total. The minimum Gasteiger partial charge on any atom is -0.404 e. The number of nitrogens with one attached hydrogen (secondary N) is 1. The van der Waals surface area contributed by atoms with Crippen molar-refractivity contribution in [3.63, 3.8) is 0 Å². The summed E-state index contributed by atoms with van der Waals surface area (Å²) >= 11 is 0. The summed E-state index contributed by atoms with van der Waals surface area (Å²) in [5.74, 6) is 0.119. The van der Waals surface area contributed by atoms with E-state index in [1.807, 2.05) is 60.7 Å². The lowest BCUT2D eigenvalue weighted by atomic mass is 9.43. The second-order valence-electron chi connectivity index (χ2n) is 12.8. The zero-order valence-corrected chi connectivity index (χ0v) is 25.1. The van der Waals surface area contributed by atoms with Gasteiger partial charge in [0.1, 0.15) is 18.2 Å². The number of hydrogen-bond donors (Lipinski definition) is 1. The SMILES string of the molecule is CN(C)C(=O)/C(C#N)=C/c1cccc(COCC(=O)N[C@@H](Cc2ccccc2)B2O[C@@H]3C[C@@H]4C[C@@H](C4(C)C)[C@]3(C)O2)c1. The monoisotopic (exact) mass is 569 g/mol. The third kappa shape index (κ3) is 6.03. The predicted octanol–water partition coefficient (Wildman–Crippen LogP) is 4.19. The molecule has 1 heterocycles. The van der Waals surface area contributed by atoms with Crippen LogP contribution in [0.25, 0.3) is 6.08 Å². The Hall–Kier alpha value is -3.45. The van der Waals surface area contributed by atoms with Crippen molar-refractivity contribution in [2.45, 2.75) is 64.3 Å². The molecule has 3 saturated carbocycles. The molecule has 220 valence electrons. The molecule has 5 atom stereocenters. The summed E-state index contributed by atoms with van der Waals surface area (Å²) in [5.41, 5.74) is 2.55. The second kappa shape index (κ2) is 12.0. The minimum atomic E-state index is -0.540. The zero-order chi connectivity index (χ0) is 30.1. The van der Waals surface area contributed by atoms with Gasteiger partial charge in [0.15, 0.2) is 0 Å². The fraction of sp³-hybridized carbons (Fsp3) is 0.485. The largest absolute Gasteiger partial charge is 0.482 e. The average Bonchev–Trinajstić information content (AvgIpc) is 3.33. The fourth-order valence-electron chi connectivity index (χ4n) is 6.99. The summed E-state index contributed by atoms with van der Waals surface area (Å²) in [6.45, 7) is 6.93. The summed E-state index contributed by atoms with van der Waals surface area (Å²) in [4.78, 5) is 26.7. The highest BCUT2D eigenvalue weighted by atomic mass is 16.7. The van der Waals surface area contributed by atoms with Gasteiger partial charge in [-0.1, -0.05) is 62.4 Å². The number of nitrogens with zero attached hydrogens (tertiary/aromatic N) is 2. The van der Waals surface area contributed by atoms with Crippen molar-refractivity contribution in [1.82, 2.24) is 10.2 Å². The highest BCUT2D eigenvalue weighted by Crippen LogP contribution is 2.65. The number of likely N-dealkylation sites (N-methyl/N-ethyl adjacent to an activating group) is 1. The van der Waals surface area contributed by atoms with Crippen molar-refractivity contribution in [3.8, 4) is 6.07 Å². The molecule has 2 bridgehead atoms. The Labute approximate surface area is 249 Å². The first-order valence-electron chi connectivity index (χ1n) is 14.7. The van der Waals surface area contributed by atoms with Crippen LogP contribution in [-0.2, 0) is 36.7 Å². The van der Waals surface area contributed by atoms with Gasteiger partial charge in [0.25, 0.3) is 5.91 Å². The first-order chi connectivity index (χ1) is 20.0. The van der Waals surface area contributed by atoms with E-state index in [-0.39, 0.29) is 53.7 Å². The van der Waals surface area contributed by atoms with Gasteiger partial charge in [-0.3, -0.25) is 9.59 Å². The van der Waals surface area contributed by atoms with Gasteiger partial charge in [-0.15, -0.1) is 0 Å². The van der Waals surface area contributed by atoms with Crippen molar-refractivity contribution >= 4 is 25.0 Å². The van der Waals surface area contributed by atoms with E-state index >= 15 is 0 Å². The number of rotatable bonds is 10. The van der Waals surface area contributed by atoms with Crippen LogP contribution in [0.4, 0.5) is 0 Å². The lowest BCUT2D eigenvalue weighted by molar-refractivity contribution is -0.199. The van der Waals surface area contributed by atoms with Gasteiger partial charge in [0.05, 0.1) is 24.3 Å². The van der Waals surface area contributed by atoms with Gasteiger partial charge < -0.3 is 24.3 Å². The molecule has 0 aromatic heterocycles. The van der Waals surface area contributed by atoms with Crippen molar-refractivity contribution < 1.29 is 23.6 Å². The Morgan fingerprint density at radius 2 is 1.88 bits per heavy atom. The van der Waals surface area contributed by atoms with E-state index in [0.29, 0.717) is 23.8 Å². The molecule has 9 heteroatoms. The van der Waals surface area contributed by atoms with Crippen molar-refractivity contribution in [3.05, 3.63) is 76.9 Å². The maximum atomic E-state index is 13.1. The van der Waals surface area contributed by atoms with Crippen LogP contribution in [0.5, 0.6) is 0 Å². The fourth-order valence-corrected chi connectivity index (χ4v) is 6.99. The number of amides is 2. The van der Waals surface area contributed by atoms with Crippen LogP contribution >= 0.6 is 0 Å². The number of carbonyl (C=O) groups is 2. The Balaban J connectivity index is 1.21. The molecule has 42 heavy (non-hydrogen) atoms. The Morgan fingerprint density at radius 3 is 2.57 bits per heavy atom. The van der Waals surface area contributed by atoms with E-state index in [4.69, 9.17) is 14.0 Å². The number of carbonyl (C=O) groups excluding carboxylic acids is 2. The van der Waals surface area contributed by atoms with E-state index in [2.05, 4.69) is 26.1 Å². The Morgan fingerprint density at radius 1 is 1.14 bits per heavy atom. The normalized spacial score (nSPS) is 26.4. The lowest BCUT2D eigenvalue weighted by Gasteiger charge is -2.64. The predicted molar refractivity (Wildman–Crippen MR) is 161 cm³/mol. The molecule has 1 N–H and O–H groups in total. The average molecular weight is 570 g/mol. The van der Waals surface area contributed by atoms with Gasteiger partial charge in [0.2, 0.25) is 5.91 Å². The maximum Gasteiger partial charge on any atom is 0.482 e. The summed E-state index contributed by atoms with van der Waals surface area (Å²) in [6, 6.07) is 19.4. The van der Waals surface area contributed by atoms with E-state index < -0.39 is 7.12 Å². The highest BCUT2D eigenvalue weighted by Gasteiger charge is 2.68. The molecule has 1 aliphatic heterocycles. The molecule has 0 spiro atoms. The third-order valence-corrected chi connectivity index (χ3v) is 9.46. The van der Waals surface area contributed by atoms with Crippen LogP contribution in [0.1, 0.15) is 50.3 Å². The molecule has 2 amide bonds. The van der Waals surface area contributed by atoms with E-state index in [1.54, 1.807) is 20.2 Å². The topological polar surface area (TPSA) is 101 Å². The molecular weight excluding hydrogens is 529 g/mol. The second-order valence-corrected chi connectivity index (χ2v) is 12.8. The maximum absolute atomic E-state index is 13.1. The van der Waals surface area contributed by atoms with Crippen molar-refractivity contribution in [2.24, 2.45) is 17.3 Å². The molecular formula is C33H40BN3O5. The Bertz CT molecular complexity index is 1390. The lowest BCUT2D eigenvalue weighted by Crippen LogP contribution is -2.65. The molecule has 4 aliphatic rings. The first kappa shape index (κ1) is 30.0. The summed E-state index contributed by atoms with van der Waals surface area (Å²) < 4.78 is 19.0. The van der Waals surface area contributed by atoms with Gasteiger partial charge in [0, 0.05) is 14.1 Å². The molecule has 1 saturated heterocycles. The minimum absolute atomic E-state index is 0.0293. The first-order valence-corrected chi connectivity index (χ1v) is 14.7. The standard InChI is InChI=1S/C33H40BN3O5/c1-32(2)26-17-27(32)33(3)28(18-26)41-34(42-33)29(16-22-10-7-6-8-11-22)36-30(38)21-40-20-24-13-9-12-23(14-24)15-25(19-35)31(39)37(4)5/h6-15,26-29H,16-18,20-21H2,1-5H3,(H,36,38)/b25-15+/t26-,27-,28+,29-,33-/m0/s1. The summed E-state index contributed by atoms with van der Waals surface area (Å²) in [7, 11) is 2.67. The van der Waals surface area contributed by atoms with Crippen molar-refractivity contribution in [1.29, 1.82) is 5.26 Å². The number of ether oxygens (including phenoxy) is 1. The number of hydrogen-bond acceptors (Lipinski definition) is 6. The van der Waals surface area contributed by atoms with Crippen LogP contribution in [0.2, 0.25) is 0 Å². The van der Waals surface area contributed by atoms with Gasteiger partial charge >= 0.3 is 7.12 Å². The Kier molecular flexibility index (Phi) is 8.61. The third-order valence-electron chi connectivity index (χ3n) is 9.46. The molecule has 6 rings (SSSR count). The molecule has 4 fully saturated rings. The molecule has 3 aliphatic carbocycles. The van der Waals surface area contributed by atoms with E-state index in [1.165, 1.54) is 11.3 Å². The zero-order valence-electron chi connectivity index (χ0n) is 25.1. The van der Waals surface area contributed by atoms with Gasteiger partial charge in [-0.05, 0) is 72.3 Å². The summed E-state index contributed by atoms with van der Waals surface area (Å²) in [5, 5.41) is 12.5. The van der Waals surface area contributed by atoms with Crippen LogP contribution in [-0.4, -0.2) is 62.2 Å². The highest BCUT2D eigenvalue weighted by molar-refractivity contribution is 6.48. The van der Waals surface area contributed by atoms with Crippen LogP contribution in [0.15, 0.2) is 60.2 Å². The van der Waals surface area contributed by atoms with Crippen LogP contribution < -0.4 is 5.32 Å². The number of benzene rings is 2. The van der Waals surface area contributed by atoms with Crippen LogP contribution in [0.3, 0.4) is 0 Å². The summed E-state index contributed by atoms with van der Waals surface area (Å²) in [6.07, 6.45) is 4.32. The van der Waals surface area contributed by atoms with Crippen LogP contribution in [0, 0.1) is 28.6 Å². The quantitative estimate of drug-likeness (QED) is 0.262. The van der Waals surface area contributed by atoms with E-state index in [9.17, 15) is 14.9 Å². The van der Waals surface area contributed by atoms with Crippen molar-refractivity contribution in [2.75, 3.05) is 20.7 Å². The van der Waals surface area contributed by atoms with Gasteiger partial charge in [-0.2, -0.15) is 5.26 Å². The smallest absolute Gasteiger partial charge is 0.404 e.